The van der Waals surface area contributed by atoms with Gasteiger partial charge in [0.2, 0.25) is 0 Å². The molecule has 2 N–H and O–H groups in total. The number of rotatable bonds is 6. The third-order valence-electron chi connectivity index (χ3n) is 2.72. The molecule has 1 heterocycles. The first-order valence-corrected chi connectivity index (χ1v) is 6.87. The molecule has 7 heteroatoms. The molecule has 0 aromatic rings. The van der Waals surface area contributed by atoms with E-state index in [9.17, 15) is 8.42 Å². The first-order chi connectivity index (χ1) is 7.47. The van der Waals surface area contributed by atoms with Crippen LogP contribution in [0.25, 0.3) is 0 Å². The van der Waals surface area contributed by atoms with E-state index < -0.39 is 10.2 Å². The summed E-state index contributed by atoms with van der Waals surface area (Å²) in [6.45, 7) is 2.75. The van der Waals surface area contributed by atoms with E-state index in [2.05, 4.69) is 4.72 Å². The van der Waals surface area contributed by atoms with Crippen molar-refractivity contribution in [2.45, 2.75) is 31.9 Å². The van der Waals surface area contributed by atoms with Gasteiger partial charge in [0.15, 0.2) is 0 Å². The highest BCUT2D eigenvalue weighted by Crippen LogP contribution is 2.14. The molecular formula is C9H20N2O4S. The van der Waals surface area contributed by atoms with Gasteiger partial charge in [0.05, 0.1) is 12.1 Å². The van der Waals surface area contributed by atoms with Crippen molar-refractivity contribution >= 4 is 10.2 Å². The average molecular weight is 252 g/mol. The fraction of sp³-hybridized carbons (Fsp3) is 1.00. The summed E-state index contributed by atoms with van der Waals surface area (Å²) in [5.74, 6) is 0. The van der Waals surface area contributed by atoms with Crippen LogP contribution in [-0.2, 0) is 14.9 Å². The molecule has 1 fully saturated rings. The number of hydrogen-bond acceptors (Lipinski definition) is 4. The fourth-order valence-corrected chi connectivity index (χ4v) is 2.82. The minimum Gasteiger partial charge on any atom is -0.396 e. The van der Waals surface area contributed by atoms with Crippen LogP contribution in [0.15, 0.2) is 0 Å². The third-order valence-corrected chi connectivity index (χ3v) is 4.32. The quantitative estimate of drug-likeness (QED) is 0.656. The Bertz CT molecular complexity index is 307. The maximum Gasteiger partial charge on any atom is 0.279 e. The summed E-state index contributed by atoms with van der Waals surface area (Å²) in [4.78, 5) is 0. The molecule has 1 rings (SSSR count). The summed E-state index contributed by atoms with van der Waals surface area (Å²) < 4.78 is 32.7. The molecule has 0 aliphatic carbocycles. The van der Waals surface area contributed by atoms with Crippen LogP contribution in [0.4, 0.5) is 0 Å². The minimum absolute atomic E-state index is 0.0111. The van der Waals surface area contributed by atoms with Crippen LogP contribution < -0.4 is 4.72 Å². The molecule has 0 spiro atoms. The number of nitrogens with zero attached hydrogens (tertiary/aromatic N) is 1. The Morgan fingerprint density at radius 1 is 1.56 bits per heavy atom. The lowest BCUT2D eigenvalue weighted by Gasteiger charge is -2.21. The van der Waals surface area contributed by atoms with Gasteiger partial charge in [-0.05, 0) is 19.8 Å². The van der Waals surface area contributed by atoms with E-state index in [1.807, 2.05) is 6.92 Å². The molecule has 0 radical (unpaired) electrons. The Hall–Kier alpha value is -0.210. The van der Waals surface area contributed by atoms with Crippen molar-refractivity contribution in [2.24, 2.45) is 0 Å². The van der Waals surface area contributed by atoms with Crippen LogP contribution in [0, 0.1) is 0 Å². The molecule has 0 amide bonds. The minimum atomic E-state index is -3.46. The van der Waals surface area contributed by atoms with Crippen molar-refractivity contribution in [3.8, 4) is 0 Å². The molecule has 0 aromatic carbocycles. The van der Waals surface area contributed by atoms with Crippen LogP contribution in [-0.4, -0.2) is 56.8 Å². The molecule has 1 saturated heterocycles. The topological polar surface area (TPSA) is 78.9 Å². The molecule has 1 aliphatic rings. The number of aliphatic hydroxyl groups is 1. The van der Waals surface area contributed by atoms with Gasteiger partial charge in [-0.15, -0.1) is 0 Å². The average Bonchev–Trinajstić information content (AvgIpc) is 2.60. The second-order valence-corrected chi connectivity index (χ2v) is 5.80. The van der Waals surface area contributed by atoms with Gasteiger partial charge >= 0.3 is 0 Å². The first kappa shape index (κ1) is 13.9. The monoisotopic (exact) mass is 252 g/mol. The SMILES string of the molecule is CC1OCCC1NS(=O)(=O)N(C)CCCO. The van der Waals surface area contributed by atoms with Crippen LogP contribution in [0.5, 0.6) is 0 Å². The summed E-state index contributed by atoms with van der Waals surface area (Å²) in [6, 6.07) is -0.151. The zero-order valence-electron chi connectivity index (χ0n) is 9.72. The maximum absolute atomic E-state index is 11.8. The van der Waals surface area contributed by atoms with Crippen molar-refractivity contribution in [1.29, 1.82) is 0 Å². The van der Waals surface area contributed by atoms with Gasteiger partial charge in [-0.25, -0.2) is 0 Å². The van der Waals surface area contributed by atoms with Crippen molar-refractivity contribution in [1.82, 2.24) is 9.03 Å². The Morgan fingerprint density at radius 2 is 2.25 bits per heavy atom. The van der Waals surface area contributed by atoms with Gasteiger partial charge in [-0.1, -0.05) is 0 Å². The van der Waals surface area contributed by atoms with Crippen molar-refractivity contribution in [3.05, 3.63) is 0 Å². The molecule has 0 aromatic heterocycles. The second-order valence-electron chi connectivity index (χ2n) is 3.99. The van der Waals surface area contributed by atoms with Gasteiger partial charge in [0.25, 0.3) is 10.2 Å². The Kier molecular flexibility index (Phi) is 5.13. The molecule has 96 valence electrons. The lowest BCUT2D eigenvalue weighted by Crippen LogP contribution is -2.46. The van der Waals surface area contributed by atoms with E-state index in [0.717, 1.165) is 0 Å². The van der Waals surface area contributed by atoms with Gasteiger partial charge < -0.3 is 9.84 Å². The summed E-state index contributed by atoms with van der Waals surface area (Å²) in [7, 11) is -1.96. The molecule has 16 heavy (non-hydrogen) atoms. The van der Waals surface area contributed by atoms with Crippen LogP contribution in [0.1, 0.15) is 19.8 Å². The lowest BCUT2D eigenvalue weighted by molar-refractivity contribution is 0.116. The van der Waals surface area contributed by atoms with E-state index in [1.165, 1.54) is 11.4 Å². The number of aliphatic hydroxyl groups excluding tert-OH is 1. The number of hydrogen-bond donors (Lipinski definition) is 2. The zero-order valence-corrected chi connectivity index (χ0v) is 10.5. The Morgan fingerprint density at radius 3 is 2.75 bits per heavy atom. The van der Waals surface area contributed by atoms with Gasteiger partial charge in [0, 0.05) is 26.8 Å². The maximum atomic E-state index is 11.8. The van der Waals surface area contributed by atoms with Gasteiger partial charge in [-0.2, -0.15) is 17.4 Å². The van der Waals surface area contributed by atoms with E-state index in [0.29, 0.717) is 26.0 Å². The lowest BCUT2D eigenvalue weighted by atomic mass is 10.2. The van der Waals surface area contributed by atoms with E-state index >= 15 is 0 Å². The van der Waals surface area contributed by atoms with E-state index in [4.69, 9.17) is 9.84 Å². The van der Waals surface area contributed by atoms with Gasteiger partial charge in [0.1, 0.15) is 0 Å². The summed E-state index contributed by atoms with van der Waals surface area (Å²) >= 11 is 0. The summed E-state index contributed by atoms with van der Waals surface area (Å²) in [5.41, 5.74) is 0. The van der Waals surface area contributed by atoms with Crippen molar-refractivity contribution in [3.63, 3.8) is 0 Å². The molecule has 2 unspecified atom stereocenters. The van der Waals surface area contributed by atoms with Crippen molar-refractivity contribution in [2.75, 3.05) is 26.8 Å². The highest BCUT2D eigenvalue weighted by molar-refractivity contribution is 7.87. The van der Waals surface area contributed by atoms with E-state index in [1.54, 1.807) is 0 Å². The van der Waals surface area contributed by atoms with Gasteiger partial charge in [-0.3, -0.25) is 0 Å². The van der Waals surface area contributed by atoms with Crippen LogP contribution >= 0.6 is 0 Å². The highest BCUT2D eigenvalue weighted by atomic mass is 32.2. The molecule has 6 nitrogen and oxygen atoms in total. The normalized spacial score (nSPS) is 26.5. The number of nitrogens with one attached hydrogen (secondary N) is 1. The van der Waals surface area contributed by atoms with Crippen LogP contribution in [0.2, 0.25) is 0 Å². The van der Waals surface area contributed by atoms with Crippen LogP contribution in [0.3, 0.4) is 0 Å². The standard InChI is InChI=1S/C9H20N2O4S/c1-8-9(4-7-15-8)10-16(13,14)11(2)5-3-6-12/h8-10,12H,3-7H2,1-2H3. The summed E-state index contributed by atoms with van der Waals surface area (Å²) in [6.07, 6.45) is 1.06. The van der Waals surface area contributed by atoms with E-state index in [-0.39, 0.29) is 18.8 Å². The molecule has 2 atom stereocenters. The zero-order chi connectivity index (χ0) is 12.2. The largest absolute Gasteiger partial charge is 0.396 e. The first-order valence-electron chi connectivity index (χ1n) is 5.43. The third kappa shape index (κ3) is 3.67. The number of ether oxygens (including phenoxy) is 1. The second kappa shape index (κ2) is 5.92. The molecule has 1 aliphatic heterocycles. The highest BCUT2D eigenvalue weighted by Gasteiger charge is 2.29. The Labute approximate surface area is 96.8 Å². The molecular weight excluding hydrogens is 232 g/mol. The smallest absolute Gasteiger partial charge is 0.279 e. The predicted molar refractivity (Wildman–Crippen MR) is 60.2 cm³/mol. The Balaban J connectivity index is 2.50. The fourth-order valence-electron chi connectivity index (χ4n) is 1.58. The molecule has 0 bridgehead atoms. The van der Waals surface area contributed by atoms with Crippen molar-refractivity contribution < 1.29 is 18.3 Å². The summed E-state index contributed by atoms with van der Waals surface area (Å²) in [5, 5.41) is 8.65. The predicted octanol–water partition coefficient (Wildman–Crippen LogP) is -0.688. The molecule has 0 saturated carbocycles.